The van der Waals surface area contributed by atoms with Crippen LogP contribution in [0.2, 0.25) is 0 Å². The maximum absolute atomic E-state index is 12.8. The zero-order valence-electron chi connectivity index (χ0n) is 14.7. The van der Waals surface area contributed by atoms with Gasteiger partial charge in [0, 0.05) is 31.1 Å². The average molecular weight is 391 g/mol. The molecule has 1 N–H and O–H groups in total. The number of alkyl halides is 3. The van der Waals surface area contributed by atoms with E-state index in [0.717, 1.165) is 0 Å². The van der Waals surface area contributed by atoms with Crippen molar-refractivity contribution in [2.45, 2.75) is 12.4 Å². The van der Waals surface area contributed by atoms with E-state index in [2.05, 4.69) is 20.0 Å². The zero-order valence-corrected chi connectivity index (χ0v) is 14.7. The lowest BCUT2D eigenvalue weighted by molar-refractivity contribution is -0.274. The van der Waals surface area contributed by atoms with Crippen molar-refractivity contribution in [1.82, 2.24) is 15.3 Å². The fraction of sp³-hybridized carbons (Fsp3) is 0.211. The molecule has 0 aliphatic heterocycles. The number of pyridine rings is 2. The highest BCUT2D eigenvalue weighted by molar-refractivity contribution is 6.05. The van der Waals surface area contributed by atoms with Gasteiger partial charge in [0.2, 0.25) is 0 Å². The standard InChI is InChI=1S/C19H16F3N3O3/c1-27-11-16(12-4-6-14(7-5-12)28-19(20,21)22)25-18(26)15-10-23-9-13-3-2-8-24-17(13)15/h2-10,16H,11H2,1H3,(H,25,26). The third-order valence-electron chi connectivity index (χ3n) is 3.91. The van der Waals surface area contributed by atoms with Gasteiger partial charge in [-0.25, -0.2) is 0 Å². The Hall–Kier alpha value is -3.20. The molecule has 0 radical (unpaired) electrons. The summed E-state index contributed by atoms with van der Waals surface area (Å²) in [7, 11) is 1.46. The highest BCUT2D eigenvalue weighted by Crippen LogP contribution is 2.25. The second-order valence-corrected chi connectivity index (χ2v) is 5.86. The number of carbonyl (C=O) groups is 1. The van der Waals surface area contributed by atoms with Crippen molar-refractivity contribution in [2.24, 2.45) is 0 Å². The van der Waals surface area contributed by atoms with Crippen molar-refractivity contribution in [3.8, 4) is 5.75 Å². The molecule has 0 saturated heterocycles. The zero-order chi connectivity index (χ0) is 20.1. The minimum atomic E-state index is -4.77. The molecule has 1 amide bonds. The van der Waals surface area contributed by atoms with Crippen molar-refractivity contribution < 1.29 is 27.4 Å². The number of rotatable bonds is 6. The van der Waals surface area contributed by atoms with E-state index in [1.165, 1.54) is 37.6 Å². The first-order valence-electron chi connectivity index (χ1n) is 8.21. The number of methoxy groups -OCH3 is 1. The molecule has 2 aromatic heterocycles. The van der Waals surface area contributed by atoms with Crippen LogP contribution >= 0.6 is 0 Å². The topological polar surface area (TPSA) is 73.3 Å². The van der Waals surface area contributed by atoms with Crippen LogP contribution in [0.15, 0.2) is 55.0 Å². The van der Waals surface area contributed by atoms with Crippen molar-refractivity contribution in [3.05, 3.63) is 66.1 Å². The third kappa shape index (κ3) is 4.74. The van der Waals surface area contributed by atoms with Crippen molar-refractivity contribution in [3.63, 3.8) is 0 Å². The minimum Gasteiger partial charge on any atom is -0.406 e. The Kier molecular flexibility index (Phi) is 5.74. The van der Waals surface area contributed by atoms with Crippen molar-refractivity contribution >= 4 is 16.8 Å². The number of benzene rings is 1. The normalized spacial score (nSPS) is 12.6. The fourth-order valence-electron chi connectivity index (χ4n) is 2.69. The van der Waals surface area contributed by atoms with Crippen LogP contribution < -0.4 is 10.1 Å². The monoisotopic (exact) mass is 391 g/mol. The molecule has 1 aromatic carbocycles. The molecule has 6 nitrogen and oxygen atoms in total. The molecular weight excluding hydrogens is 375 g/mol. The molecule has 0 aliphatic rings. The molecule has 28 heavy (non-hydrogen) atoms. The van der Waals surface area contributed by atoms with E-state index in [1.54, 1.807) is 24.5 Å². The summed E-state index contributed by atoms with van der Waals surface area (Å²) in [6.45, 7) is 0.122. The molecule has 0 aliphatic carbocycles. The van der Waals surface area contributed by atoms with Gasteiger partial charge in [-0.2, -0.15) is 0 Å². The number of amides is 1. The van der Waals surface area contributed by atoms with E-state index in [4.69, 9.17) is 4.74 Å². The van der Waals surface area contributed by atoms with Crippen LogP contribution in [0.25, 0.3) is 10.9 Å². The Morgan fingerprint density at radius 1 is 1.18 bits per heavy atom. The first-order chi connectivity index (χ1) is 13.4. The lowest BCUT2D eigenvalue weighted by Gasteiger charge is -2.19. The number of nitrogens with one attached hydrogen (secondary N) is 1. The molecule has 0 spiro atoms. The highest BCUT2D eigenvalue weighted by Gasteiger charge is 2.31. The van der Waals surface area contributed by atoms with Gasteiger partial charge in [-0.05, 0) is 29.8 Å². The molecule has 3 rings (SSSR count). The Balaban J connectivity index is 1.81. The summed E-state index contributed by atoms with van der Waals surface area (Å²) < 4.78 is 45.9. The van der Waals surface area contributed by atoms with Crippen LogP contribution in [0.1, 0.15) is 22.0 Å². The van der Waals surface area contributed by atoms with Gasteiger partial charge in [-0.1, -0.05) is 12.1 Å². The molecule has 0 saturated carbocycles. The summed E-state index contributed by atoms with van der Waals surface area (Å²) >= 11 is 0. The minimum absolute atomic E-state index is 0.122. The van der Waals surface area contributed by atoms with Gasteiger partial charge < -0.3 is 14.8 Å². The Morgan fingerprint density at radius 2 is 1.93 bits per heavy atom. The average Bonchev–Trinajstić information content (AvgIpc) is 2.66. The Labute approximate surface area is 158 Å². The first-order valence-corrected chi connectivity index (χ1v) is 8.21. The number of halogens is 3. The predicted molar refractivity (Wildman–Crippen MR) is 94.7 cm³/mol. The third-order valence-corrected chi connectivity index (χ3v) is 3.91. The molecule has 2 heterocycles. The summed E-state index contributed by atoms with van der Waals surface area (Å²) in [6.07, 6.45) is -0.179. The SMILES string of the molecule is COCC(NC(=O)c1cncc2cccnc12)c1ccc(OC(F)(F)F)cc1. The number of nitrogens with zero attached hydrogens (tertiary/aromatic N) is 2. The largest absolute Gasteiger partial charge is 0.573 e. The Bertz CT molecular complexity index is 957. The summed E-state index contributed by atoms with van der Waals surface area (Å²) in [6, 6.07) is 8.17. The van der Waals surface area contributed by atoms with Crippen LogP contribution in [0.3, 0.4) is 0 Å². The Morgan fingerprint density at radius 3 is 2.61 bits per heavy atom. The van der Waals surface area contributed by atoms with E-state index in [1.807, 2.05) is 0 Å². The van der Waals surface area contributed by atoms with Gasteiger partial charge in [0.05, 0.1) is 23.7 Å². The lowest BCUT2D eigenvalue weighted by Crippen LogP contribution is -2.31. The number of aromatic nitrogens is 2. The van der Waals surface area contributed by atoms with Crippen LogP contribution in [-0.4, -0.2) is 36.0 Å². The number of carbonyl (C=O) groups excluding carboxylic acids is 1. The van der Waals surface area contributed by atoms with Crippen LogP contribution in [0, 0.1) is 0 Å². The van der Waals surface area contributed by atoms with E-state index >= 15 is 0 Å². The van der Waals surface area contributed by atoms with Gasteiger partial charge >= 0.3 is 6.36 Å². The van der Waals surface area contributed by atoms with E-state index in [0.29, 0.717) is 16.5 Å². The maximum atomic E-state index is 12.8. The smallest absolute Gasteiger partial charge is 0.406 e. The van der Waals surface area contributed by atoms with Gasteiger partial charge in [-0.15, -0.1) is 13.2 Å². The number of fused-ring (bicyclic) bond motifs is 1. The van der Waals surface area contributed by atoms with Gasteiger partial charge in [0.1, 0.15) is 5.75 Å². The molecule has 3 aromatic rings. The van der Waals surface area contributed by atoms with Crippen molar-refractivity contribution in [2.75, 3.05) is 13.7 Å². The van der Waals surface area contributed by atoms with Gasteiger partial charge in [0.25, 0.3) is 5.91 Å². The molecule has 9 heteroatoms. The number of hydrogen-bond acceptors (Lipinski definition) is 5. The second-order valence-electron chi connectivity index (χ2n) is 5.86. The first kappa shape index (κ1) is 19.6. The summed E-state index contributed by atoms with van der Waals surface area (Å²) in [5.41, 5.74) is 1.35. The van der Waals surface area contributed by atoms with Crippen LogP contribution in [-0.2, 0) is 4.74 Å². The quantitative estimate of drug-likeness (QED) is 0.695. The van der Waals surface area contributed by atoms with Gasteiger partial charge in [0.15, 0.2) is 0 Å². The summed E-state index contributed by atoms with van der Waals surface area (Å²) in [5, 5.41) is 3.52. The number of ether oxygens (including phenoxy) is 2. The van der Waals surface area contributed by atoms with E-state index in [-0.39, 0.29) is 17.9 Å². The predicted octanol–water partition coefficient (Wildman–Crippen LogP) is 3.65. The van der Waals surface area contributed by atoms with Crippen LogP contribution in [0.5, 0.6) is 5.75 Å². The fourth-order valence-corrected chi connectivity index (χ4v) is 2.69. The molecule has 0 fully saturated rings. The molecular formula is C19H16F3N3O3. The van der Waals surface area contributed by atoms with Gasteiger partial charge in [-0.3, -0.25) is 14.8 Å². The maximum Gasteiger partial charge on any atom is 0.573 e. The molecule has 1 unspecified atom stereocenters. The molecule has 146 valence electrons. The number of hydrogen-bond donors (Lipinski definition) is 1. The highest BCUT2D eigenvalue weighted by atomic mass is 19.4. The molecule has 0 bridgehead atoms. The van der Waals surface area contributed by atoms with Crippen molar-refractivity contribution in [1.29, 1.82) is 0 Å². The summed E-state index contributed by atoms with van der Waals surface area (Å²) in [5.74, 6) is -0.768. The van der Waals surface area contributed by atoms with Crippen LogP contribution in [0.4, 0.5) is 13.2 Å². The second kappa shape index (κ2) is 8.22. The van der Waals surface area contributed by atoms with E-state index in [9.17, 15) is 18.0 Å². The van der Waals surface area contributed by atoms with E-state index < -0.39 is 18.3 Å². The summed E-state index contributed by atoms with van der Waals surface area (Å²) in [4.78, 5) is 21.0. The molecule has 1 atom stereocenters. The lowest BCUT2D eigenvalue weighted by atomic mass is 10.1.